The molecule has 5 nitrogen and oxygen atoms in total. The maximum absolute atomic E-state index is 11.9. The zero-order valence-corrected chi connectivity index (χ0v) is 9.16. The van der Waals surface area contributed by atoms with Gasteiger partial charge in [-0.05, 0) is 12.8 Å². The van der Waals surface area contributed by atoms with Crippen LogP contribution in [0.5, 0.6) is 0 Å². The van der Waals surface area contributed by atoms with Gasteiger partial charge >= 0.3 is 0 Å². The quantitative estimate of drug-likeness (QED) is 0.668. The van der Waals surface area contributed by atoms with Crippen LogP contribution in [0.2, 0.25) is 0 Å². The Balaban J connectivity index is 2.61. The van der Waals surface area contributed by atoms with E-state index in [1.54, 1.807) is 7.05 Å². The second-order valence-corrected chi connectivity index (χ2v) is 4.34. The second kappa shape index (κ2) is 4.61. The van der Waals surface area contributed by atoms with E-state index in [0.29, 0.717) is 12.8 Å². The number of carbonyl (C=O) groups is 2. The van der Waals surface area contributed by atoms with Gasteiger partial charge in [-0.1, -0.05) is 19.3 Å². The Morgan fingerprint density at radius 1 is 1.27 bits per heavy atom. The van der Waals surface area contributed by atoms with E-state index in [1.807, 2.05) is 0 Å². The number of primary amides is 1. The van der Waals surface area contributed by atoms with Crippen molar-refractivity contribution in [3.8, 4) is 0 Å². The Hall–Kier alpha value is -1.10. The van der Waals surface area contributed by atoms with Crippen LogP contribution in [0, 0.1) is 0 Å². The van der Waals surface area contributed by atoms with Crippen molar-refractivity contribution in [1.29, 1.82) is 0 Å². The third kappa shape index (κ3) is 2.92. The largest absolute Gasteiger partial charge is 0.368 e. The first-order valence-electron chi connectivity index (χ1n) is 5.28. The van der Waals surface area contributed by atoms with Gasteiger partial charge in [0.05, 0.1) is 12.1 Å². The molecule has 1 aliphatic carbocycles. The molecule has 0 heterocycles. The Morgan fingerprint density at radius 3 is 2.27 bits per heavy atom. The van der Waals surface area contributed by atoms with Gasteiger partial charge < -0.3 is 16.4 Å². The van der Waals surface area contributed by atoms with Gasteiger partial charge in [0, 0.05) is 7.05 Å². The summed E-state index contributed by atoms with van der Waals surface area (Å²) in [6.07, 6.45) is 4.49. The van der Waals surface area contributed by atoms with Crippen LogP contribution in [0.3, 0.4) is 0 Å². The Kier molecular flexibility index (Phi) is 3.68. The summed E-state index contributed by atoms with van der Waals surface area (Å²) in [7, 11) is 1.57. The van der Waals surface area contributed by atoms with E-state index in [9.17, 15) is 9.59 Å². The van der Waals surface area contributed by atoms with Crippen LogP contribution in [0.25, 0.3) is 0 Å². The van der Waals surface area contributed by atoms with Crippen molar-refractivity contribution in [3.05, 3.63) is 0 Å². The molecule has 1 saturated carbocycles. The summed E-state index contributed by atoms with van der Waals surface area (Å²) < 4.78 is 0. The number of hydrogen-bond donors (Lipinski definition) is 2. The second-order valence-electron chi connectivity index (χ2n) is 4.34. The zero-order valence-electron chi connectivity index (χ0n) is 9.16. The minimum Gasteiger partial charge on any atom is -0.368 e. The average molecular weight is 213 g/mol. The molecule has 0 aromatic carbocycles. The summed E-state index contributed by atoms with van der Waals surface area (Å²) in [4.78, 5) is 24.0. The average Bonchev–Trinajstić information content (AvgIpc) is 2.16. The summed E-state index contributed by atoms with van der Waals surface area (Å²) in [5.74, 6) is -0.675. The first-order valence-corrected chi connectivity index (χ1v) is 5.28. The molecule has 5 heteroatoms. The van der Waals surface area contributed by atoms with E-state index in [4.69, 9.17) is 11.5 Å². The van der Waals surface area contributed by atoms with Crippen LogP contribution >= 0.6 is 0 Å². The van der Waals surface area contributed by atoms with Crippen LogP contribution in [0.4, 0.5) is 0 Å². The molecule has 86 valence electrons. The summed E-state index contributed by atoms with van der Waals surface area (Å²) in [6.45, 7) is -0.0578. The molecule has 2 amide bonds. The number of likely N-dealkylation sites (N-methyl/N-ethyl adjacent to an activating group) is 1. The van der Waals surface area contributed by atoms with Crippen LogP contribution in [-0.4, -0.2) is 35.8 Å². The molecule has 0 spiro atoms. The molecule has 0 radical (unpaired) electrons. The molecule has 1 rings (SSSR count). The molecular formula is C10H19N3O2. The number of rotatable bonds is 3. The molecule has 4 N–H and O–H groups in total. The van der Waals surface area contributed by atoms with Crippen molar-refractivity contribution in [3.63, 3.8) is 0 Å². The van der Waals surface area contributed by atoms with E-state index in [-0.39, 0.29) is 12.5 Å². The standard InChI is InChI=1S/C10H19N3O2/c1-13(7-8(11)14)9(15)10(12)5-3-2-4-6-10/h2-7,12H2,1H3,(H2,11,14). The first kappa shape index (κ1) is 12.0. The highest BCUT2D eigenvalue weighted by Gasteiger charge is 2.37. The lowest BCUT2D eigenvalue weighted by Gasteiger charge is -2.34. The first-order chi connectivity index (χ1) is 6.96. The highest BCUT2D eigenvalue weighted by atomic mass is 16.2. The summed E-state index contributed by atoms with van der Waals surface area (Å²) in [5.41, 5.74) is 10.3. The van der Waals surface area contributed by atoms with E-state index in [2.05, 4.69) is 0 Å². The van der Waals surface area contributed by atoms with Crippen LogP contribution in [-0.2, 0) is 9.59 Å². The van der Waals surface area contributed by atoms with Crippen molar-refractivity contribution in [2.45, 2.75) is 37.6 Å². The summed E-state index contributed by atoms with van der Waals surface area (Å²) >= 11 is 0. The van der Waals surface area contributed by atoms with E-state index >= 15 is 0 Å². The van der Waals surface area contributed by atoms with Gasteiger partial charge in [-0.15, -0.1) is 0 Å². The Bertz CT molecular complexity index is 259. The van der Waals surface area contributed by atoms with Crippen molar-refractivity contribution >= 4 is 11.8 Å². The molecule has 0 saturated heterocycles. The molecule has 1 aliphatic rings. The van der Waals surface area contributed by atoms with Crippen LogP contribution in [0.1, 0.15) is 32.1 Å². The van der Waals surface area contributed by atoms with Gasteiger partial charge in [-0.25, -0.2) is 0 Å². The maximum atomic E-state index is 11.9. The minimum atomic E-state index is -0.775. The fourth-order valence-corrected chi connectivity index (χ4v) is 2.08. The lowest BCUT2D eigenvalue weighted by molar-refractivity contribution is -0.139. The molecule has 1 fully saturated rings. The summed E-state index contributed by atoms with van der Waals surface area (Å²) in [6, 6.07) is 0. The number of hydrogen-bond acceptors (Lipinski definition) is 3. The van der Waals surface area contributed by atoms with E-state index in [1.165, 1.54) is 4.90 Å². The van der Waals surface area contributed by atoms with Crippen LogP contribution < -0.4 is 11.5 Å². The maximum Gasteiger partial charge on any atom is 0.242 e. The molecule has 0 aliphatic heterocycles. The van der Waals surface area contributed by atoms with E-state index < -0.39 is 11.4 Å². The Morgan fingerprint density at radius 2 is 1.80 bits per heavy atom. The lowest BCUT2D eigenvalue weighted by Crippen LogP contribution is -2.56. The fraction of sp³-hybridized carbons (Fsp3) is 0.800. The van der Waals surface area contributed by atoms with Crippen molar-refractivity contribution in [1.82, 2.24) is 4.90 Å². The summed E-state index contributed by atoms with van der Waals surface area (Å²) in [5, 5.41) is 0. The number of carbonyl (C=O) groups excluding carboxylic acids is 2. The van der Waals surface area contributed by atoms with Gasteiger partial charge in [0.25, 0.3) is 0 Å². The smallest absolute Gasteiger partial charge is 0.242 e. The molecule has 0 aromatic rings. The molecule has 0 unspecified atom stereocenters. The molecule has 15 heavy (non-hydrogen) atoms. The molecule has 0 aromatic heterocycles. The van der Waals surface area contributed by atoms with Gasteiger partial charge in [-0.2, -0.15) is 0 Å². The van der Waals surface area contributed by atoms with Crippen molar-refractivity contribution in [2.75, 3.05) is 13.6 Å². The highest BCUT2D eigenvalue weighted by Crippen LogP contribution is 2.27. The predicted molar refractivity (Wildman–Crippen MR) is 56.8 cm³/mol. The van der Waals surface area contributed by atoms with Gasteiger partial charge in [-0.3, -0.25) is 9.59 Å². The fourth-order valence-electron chi connectivity index (χ4n) is 2.08. The van der Waals surface area contributed by atoms with Crippen molar-refractivity contribution in [2.24, 2.45) is 11.5 Å². The van der Waals surface area contributed by atoms with Gasteiger partial charge in [0.2, 0.25) is 11.8 Å². The van der Waals surface area contributed by atoms with E-state index in [0.717, 1.165) is 19.3 Å². The number of nitrogens with two attached hydrogens (primary N) is 2. The van der Waals surface area contributed by atoms with Crippen LogP contribution in [0.15, 0.2) is 0 Å². The van der Waals surface area contributed by atoms with Gasteiger partial charge in [0.1, 0.15) is 0 Å². The lowest BCUT2D eigenvalue weighted by atomic mass is 9.81. The Labute approximate surface area is 89.8 Å². The normalized spacial score (nSPS) is 19.6. The molecule has 0 bridgehead atoms. The SMILES string of the molecule is CN(CC(N)=O)C(=O)C1(N)CCCCC1. The van der Waals surface area contributed by atoms with Gasteiger partial charge in [0.15, 0.2) is 0 Å². The zero-order chi connectivity index (χ0) is 11.5. The monoisotopic (exact) mass is 213 g/mol. The number of nitrogens with zero attached hydrogens (tertiary/aromatic N) is 1. The number of amides is 2. The third-order valence-electron chi connectivity index (χ3n) is 2.91. The minimum absolute atomic E-state index is 0.0578. The topological polar surface area (TPSA) is 89.4 Å². The third-order valence-corrected chi connectivity index (χ3v) is 2.91. The van der Waals surface area contributed by atoms with Crippen molar-refractivity contribution < 1.29 is 9.59 Å². The predicted octanol–water partition coefficient (Wildman–Crippen LogP) is -0.408. The highest BCUT2D eigenvalue weighted by molar-refractivity contribution is 5.89. The molecule has 0 atom stereocenters. The molecular weight excluding hydrogens is 194 g/mol.